The maximum atomic E-state index is 6.16. The van der Waals surface area contributed by atoms with Crippen LogP contribution in [-0.4, -0.2) is 19.9 Å². The van der Waals surface area contributed by atoms with E-state index < -0.39 is 0 Å². The molecule has 6 nitrogen and oxygen atoms in total. The van der Waals surface area contributed by atoms with Crippen LogP contribution in [0.5, 0.6) is 0 Å². The van der Waals surface area contributed by atoms with Crippen LogP contribution in [0, 0.1) is 0 Å². The van der Waals surface area contributed by atoms with Gasteiger partial charge >= 0.3 is 0 Å². The molecule has 1 aromatic carbocycles. The maximum Gasteiger partial charge on any atom is 0.183 e. The fraction of sp³-hybridized carbons (Fsp3) is 0.154. The van der Waals surface area contributed by atoms with Gasteiger partial charge in [0.25, 0.3) is 0 Å². The summed E-state index contributed by atoms with van der Waals surface area (Å²) >= 11 is 0. The van der Waals surface area contributed by atoms with Crippen molar-refractivity contribution in [2.75, 3.05) is 5.73 Å². The lowest BCUT2D eigenvalue weighted by atomic mass is 10.0. The number of benzene rings is 1. The summed E-state index contributed by atoms with van der Waals surface area (Å²) in [6.07, 6.45) is 2.00. The Labute approximate surface area is 109 Å². The number of fused-ring (bicyclic) bond motifs is 1. The largest absolute Gasteiger partial charge is 0.382 e. The molecule has 0 aliphatic rings. The van der Waals surface area contributed by atoms with Gasteiger partial charge in [-0.2, -0.15) is 0 Å². The molecule has 0 amide bonds. The molecule has 0 aliphatic carbocycles. The summed E-state index contributed by atoms with van der Waals surface area (Å²) in [6, 6.07) is 9.79. The van der Waals surface area contributed by atoms with E-state index in [0.29, 0.717) is 23.4 Å². The highest BCUT2D eigenvalue weighted by Gasteiger charge is 2.12. The molecule has 5 N–H and O–H groups in total. The van der Waals surface area contributed by atoms with E-state index in [1.165, 1.54) is 6.33 Å². The molecule has 0 saturated heterocycles. The Morgan fingerprint density at radius 3 is 2.68 bits per heavy atom. The van der Waals surface area contributed by atoms with Crippen LogP contribution in [0.4, 0.5) is 5.82 Å². The highest BCUT2D eigenvalue weighted by Crippen LogP contribution is 2.18. The summed E-state index contributed by atoms with van der Waals surface area (Å²) in [5.74, 6) is 1.16. The number of aromatic amines is 1. The van der Waals surface area contributed by atoms with Crippen molar-refractivity contribution >= 4 is 17.0 Å². The molecule has 0 aliphatic heterocycles. The third-order valence-electron chi connectivity index (χ3n) is 3.01. The Bertz CT molecular complexity index is 691. The van der Waals surface area contributed by atoms with Crippen LogP contribution in [0.1, 0.15) is 17.4 Å². The first-order chi connectivity index (χ1) is 9.24. The first-order valence-electron chi connectivity index (χ1n) is 5.99. The Morgan fingerprint density at radius 2 is 1.95 bits per heavy atom. The minimum Gasteiger partial charge on any atom is -0.382 e. The number of H-pyrrole nitrogens is 1. The fourth-order valence-corrected chi connectivity index (χ4v) is 2.02. The molecule has 0 bridgehead atoms. The Morgan fingerprint density at radius 1 is 1.16 bits per heavy atom. The first-order valence-corrected chi connectivity index (χ1v) is 5.99. The van der Waals surface area contributed by atoms with Gasteiger partial charge in [-0.05, 0) is 5.56 Å². The van der Waals surface area contributed by atoms with Crippen LogP contribution in [0.25, 0.3) is 11.2 Å². The van der Waals surface area contributed by atoms with E-state index in [2.05, 4.69) is 19.9 Å². The molecular weight excluding hydrogens is 240 g/mol. The fourth-order valence-electron chi connectivity index (χ4n) is 2.02. The summed E-state index contributed by atoms with van der Waals surface area (Å²) in [6.45, 7) is 0. The third kappa shape index (κ3) is 2.25. The number of nitrogens with zero attached hydrogens (tertiary/aromatic N) is 3. The van der Waals surface area contributed by atoms with Gasteiger partial charge in [-0.1, -0.05) is 30.3 Å². The molecule has 3 aromatic rings. The number of nitrogens with two attached hydrogens (primary N) is 2. The van der Waals surface area contributed by atoms with E-state index in [9.17, 15) is 0 Å². The summed E-state index contributed by atoms with van der Waals surface area (Å²) in [5, 5.41) is 0. The molecule has 2 heterocycles. The quantitative estimate of drug-likeness (QED) is 0.650. The number of hydrogen-bond acceptors (Lipinski definition) is 5. The monoisotopic (exact) mass is 254 g/mol. The van der Waals surface area contributed by atoms with Gasteiger partial charge in [-0.15, -0.1) is 0 Å². The first kappa shape index (κ1) is 11.6. The second kappa shape index (κ2) is 4.66. The lowest BCUT2D eigenvalue weighted by molar-refractivity contribution is 0.696. The van der Waals surface area contributed by atoms with Crippen molar-refractivity contribution in [3.8, 4) is 0 Å². The Kier molecular flexibility index (Phi) is 2.85. The van der Waals surface area contributed by atoms with Crippen molar-refractivity contribution in [2.24, 2.45) is 5.73 Å². The predicted molar refractivity (Wildman–Crippen MR) is 73.2 cm³/mol. The van der Waals surface area contributed by atoms with Crippen LogP contribution < -0.4 is 11.5 Å². The third-order valence-corrected chi connectivity index (χ3v) is 3.01. The minimum absolute atomic E-state index is 0.115. The normalized spacial score (nSPS) is 12.7. The number of aromatic nitrogens is 4. The highest BCUT2D eigenvalue weighted by atomic mass is 15.0. The average Bonchev–Trinajstić information content (AvgIpc) is 2.84. The zero-order chi connectivity index (χ0) is 13.2. The summed E-state index contributed by atoms with van der Waals surface area (Å²) in [4.78, 5) is 15.5. The van der Waals surface area contributed by atoms with Crippen molar-refractivity contribution in [2.45, 2.75) is 12.5 Å². The van der Waals surface area contributed by atoms with E-state index in [1.807, 2.05) is 30.3 Å². The van der Waals surface area contributed by atoms with Crippen LogP contribution in [0.15, 0.2) is 36.7 Å². The summed E-state index contributed by atoms with van der Waals surface area (Å²) in [7, 11) is 0. The molecule has 1 atom stereocenters. The molecule has 3 rings (SSSR count). The van der Waals surface area contributed by atoms with Gasteiger partial charge in [-0.25, -0.2) is 15.0 Å². The molecule has 2 aromatic heterocycles. The van der Waals surface area contributed by atoms with E-state index in [0.717, 1.165) is 11.4 Å². The van der Waals surface area contributed by atoms with Gasteiger partial charge in [0.2, 0.25) is 0 Å². The van der Waals surface area contributed by atoms with Gasteiger partial charge in [0.1, 0.15) is 17.7 Å². The summed E-state index contributed by atoms with van der Waals surface area (Å²) in [5.41, 5.74) is 14.2. The summed E-state index contributed by atoms with van der Waals surface area (Å²) < 4.78 is 0. The van der Waals surface area contributed by atoms with E-state index in [4.69, 9.17) is 11.5 Å². The zero-order valence-corrected chi connectivity index (χ0v) is 10.2. The smallest absolute Gasteiger partial charge is 0.183 e. The van der Waals surface area contributed by atoms with Crippen LogP contribution in [0.2, 0.25) is 0 Å². The predicted octanol–water partition coefficient (Wildman–Crippen LogP) is 1.18. The maximum absolute atomic E-state index is 6.16. The number of rotatable bonds is 3. The SMILES string of the molecule is Nc1ncnc2nc(CC(N)c3ccccc3)[nH]c12. The van der Waals surface area contributed by atoms with Gasteiger partial charge < -0.3 is 16.5 Å². The topological polar surface area (TPSA) is 106 Å². The van der Waals surface area contributed by atoms with E-state index in [1.54, 1.807) is 0 Å². The molecule has 0 saturated carbocycles. The number of hydrogen-bond donors (Lipinski definition) is 3. The second-order valence-corrected chi connectivity index (χ2v) is 4.36. The zero-order valence-electron chi connectivity index (χ0n) is 10.2. The van der Waals surface area contributed by atoms with E-state index in [-0.39, 0.29) is 6.04 Å². The number of anilines is 1. The molecule has 96 valence electrons. The molecule has 0 radical (unpaired) electrons. The van der Waals surface area contributed by atoms with Crippen molar-refractivity contribution in [3.05, 3.63) is 48.0 Å². The van der Waals surface area contributed by atoms with Gasteiger partial charge in [0.05, 0.1) is 0 Å². The molecule has 6 heteroatoms. The van der Waals surface area contributed by atoms with E-state index >= 15 is 0 Å². The average molecular weight is 254 g/mol. The Hall–Kier alpha value is -2.47. The lowest BCUT2D eigenvalue weighted by Crippen LogP contribution is -2.13. The second-order valence-electron chi connectivity index (χ2n) is 4.36. The van der Waals surface area contributed by atoms with Gasteiger partial charge in [0, 0.05) is 12.5 Å². The van der Waals surface area contributed by atoms with Gasteiger partial charge in [-0.3, -0.25) is 0 Å². The minimum atomic E-state index is -0.115. The van der Waals surface area contributed by atoms with Crippen molar-refractivity contribution in [1.82, 2.24) is 19.9 Å². The number of nitrogen functional groups attached to an aromatic ring is 1. The molecular formula is C13H14N6. The standard InChI is InChI=1S/C13H14N6/c14-9(8-4-2-1-3-5-8)6-10-18-11-12(15)16-7-17-13(11)19-10/h1-5,7,9H,6,14H2,(H3,15,16,17,18,19). The van der Waals surface area contributed by atoms with Crippen LogP contribution in [0.3, 0.4) is 0 Å². The molecule has 0 spiro atoms. The van der Waals surface area contributed by atoms with Crippen LogP contribution >= 0.6 is 0 Å². The molecule has 19 heavy (non-hydrogen) atoms. The molecule has 1 unspecified atom stereocenters. The van der Waals surface area contributed by atoms with Crippen molar-refractivity contribution in [1.29, 1.82) is 0 Å². The Balaban J connectivity index is 1.88. The van der Waals surface area contributed by atoms with Crippen LogP contribution in [-0.2, 0) is 6.42 Å². The van der Waals surface area contributed by atoms with Gasteiger partial charge in [0.15, 0.2) is 11.5 Å². The van der Waals surface area contributed by atoms with Crippen molar-refractivity contribution < 1.29 is 0 Å². The highest BCUT2D eigenvalue weighted by molar-refractivity contribution is 5.80. The van der Waals surface area contributed by atoms with Crippen molar-refractivity contribution in [3.63, 3.8) is 0 Å². The molecule has 0 fully saturated rings. The number of imidazole rings is 1. The lowest BCUT2D eigenvalue weighted by Gasteiger charge is -2.09. The number of nitrogens with one attached hydrogen (secondary N) is 1.